The third kappa shape index (κ3) is 11.7. The third-order valence-electron chi connectivity index (χ3n) is 9.40. The smallest absolute Gasteiger partial charge is 0.119 e. The molecule has 0 N–H and O–H groups in total. The fourth-order valence-electron chi connectivity index (χ4n) is 6.83. The summed E-state index contributed by atoms with van der Waals surface area (Å²) in [6, 6.07) is 9.04. The summed E-state index contributed by atoms with van der Waals surface area (Å²) in [6.07, 6.45) is 30.0. The van der Waals surface area contributed by atoms with Gasteiger partial charge in [-0.05, 0) is 67.1 Å². The maximum atomic E-state index is 6.10. The van der Waals surface area contributed by atoms with Crippen molar-refractivity contribution in [2.75, 3.05) is 6.61 Å². The first-order valence-corrected chi connectivity index (χ1v) is 16.0. The predicted molar refractivity (Wildman–Crippen MR) is 153 cm³/mol. The lowest BCUT2D eigenvalue weighted by atomic mass is 9.78. The van der Waals surface area contributed by atoms with Crippen LogP contribution in [0.5, 0.6) is 5.75 Å². The van der Waals surface area contributed by atoms with Crippen molar-refractivity contribution in [3.63, 3.8) is 0 Å². The van der Waals surface area contributed by atoms with Gasteiger partial charge in [-0.3, -0.25) is 0 Å². The fraction of sp³-hybridized carbons (Fsp3) is 0.824. The lowest BCUT2D eigenvalue weighted by molar-refractivity contribution is 0.228. The molecule has 0 bridgehead atoms. The van der Waals surface area contributed by atoms with Crippen LogP contribution in [0, 0.1) is 23.7 Å². The van der Waals surface area contributed by atoms with Crippen molar-refractivity contribution in [2.24, 2.45) is 23.7 Å². The number of rotatable bonds is 17. The zero-order valence-corrected chi connectivity index (χ0v) is 23.6. The fourth-order valence-corrected chi connectivity index (χ4v) is 6.83. The van der Waals surface area contributed by atoms with Crippen molar-refractivity contribution in [3.05, 3.63) is 29.8 Å². The van der Waals surface area contributed by atoms with E-state index in [-0.39, 0.29) is 0 Å². The van der Waals surface area contributed by atoms with E-state index in [2.05, 4.69) is 38.1 Å². The van der Waals surface area contributed by atoms with Gasteiger partial charge < -0.3 is 4.74 Å². The summed E-state index contributed by atoms with van der Waals surface area (Å²) in [7, 11) is 0. The molecule has 3 rings (SSSR count). The van der Waals surface area contributed by atoms with Gasteiger partial charge in [0, 0.05) is 0 Å². The first-order chi connectivity index (χ1) is 17.3. The molecule has 0 aliphatic heterocycles. The Morgan fingerprint density at radius 2 is 1.03 bits per heavy atom. The van der Waals surface area contributed by atoms with Crippen molar-refractivity contribution in [2.45, 2.75) is 149 Å². The molecule has 0 spiro atoms. The number of benzene rings is 1. The van der Waals surface area contributed by atoms with Gasteiger partial charge in [-0.2, -0.15) is 0 Å². The van der Waals surface area contributed by atoms with Gasteiger partial charge in [0.2, 0.25) is 0 Å². The summed E-state index contributed by atoms with van der Waals surface area (Å²) in [5.41, 5.74) is 1.49. The summed E-state index contributed by atoms with van der Waals surface area (Å²) in [5.74, 6) is 5.05. The summed E-state index contributed by atoms with van der Waals surface area (Å²) < 4.78 is 6.10. The molecular weight excluding hydrogens is 424 g/mol. The number of hydrogen-bond acceptors (Lipinski definition) is 1. The highest BCUT2D eigenvalue weighted by atomic mass is 16.5. The molecule has 1 aromatic rings. The van der Waals surface area contributed by atoms with Gasteiger partial charge in [-0.25, -0.2) is 0 Å². The molecule has 0 heterocycles. The molecular formula is C34H58O. The first-order valence-electron chi connectivity index (χ1n) is 16.0. The van der Waals surface area contributed by atoms with Gasteiger partial charge >= 0.3 is 0 Å². The van der Waals surface area contributed by atoms with E-state index >= 15 is 0 Å². The van der Waals surface area contributed by atoms with Crippen molar-refractivity contribution in [1.82, 2.24) is 0 Å². The predicted octanol–water partition coefficient (Wildman–Crippen LogP) is 10.9. The Balaban J connectivity index is 1.20. The van der Waals surface area contributed by atoms with E-state index in [9.17, 15) is 0 Å². The van der Waals surface area contributed by atoms with E-state index in [1.165, 1.54) is 140 Å². The molecule has 0 aromatic heterocycles. The molecule has 1 nitrogen and oxygen atoms in total. The average Bonchev–Trinajstić information content (AvgIpc) is 2.90. The lowest BCUT2D eigenvalue weighted by Crippen LogP contribution is -2.15. The van der Waals surface area contributed by atoms with Crippen LogP contribution < -0.4 is 4.74 Å². The molecule has 1 aromatic carbocycles. The molecule has 2 fully saturated rings. The average molecular weight is 483 g/mol. The highest BCUT2D eigenvalue weighted by Gasteiger charge is 2.21. The summed E-state index contributed by atoms with van der Waals surface area (Å²) in [6.45, 7) is 5.52. The summed E-state index contributed by atoms with van der Waals surface area (Å²) >= 11 is 0. The Morgan fingerprint density at radius 1 is 0.543 bits per heavy atom. The maximum absolute atomic E-state index is 6.10. The highest BCUT2D eigenvalue weighted by molar-refractivity contribution is 5.27. The van der Waals surface area contributed by atoms with Crippen LogP contribution >= 0.6 is 0 Å². The Morgan fingerprint density at radius 3 is 1.60 bits per heavy atom. The minimum Gasteiger partial charge on any atom is -0.494 e. The highest BCUT2D eigenvalue weighted by Crippen LogP contribution is 2.35. The second-order valence-electron chi connectivity index (χ2n) is 12.3. The molecule has 1 heteroatoms. The second-order valence-corrected chi connectivity index (χ2v) is 12.3. The van der Waals surface area contributed by atoms with Crippen LogP contribution in [0.25, 0.3) is 0 Å². The maximum Gasteiger partial charge on any atom is 0.119 e. The van der Waals surface area contributed by atoms with Crippen molar-refractivity contribution in [1.29, 1.82) is 0 Å². The molecule has 35 heavy (non-hydrogen) atoms. The quantitative estimate of drug-likeness (QED) is 0.201. The van der Waals surface area contributed by atoms with Crippen LogP contribution in [0.1, 0.15) is 148 Å². The van der Waals surface area contributed by atoms with E-state index in [4.69, 9.17) is 4.74 Å². The van der Waals surface area contributed by atoms with Gasteiger partial charge in [0.1, 0.15) is 5.75 Å². The molecule has 0 saturated heterocycles. The number of ether oxygens (including phenoxy) is 1. The van der Waals surface area contributed by atoms with E-state index in [1.807, 2.05) is 0 Å². The largest absolute Gasteiger partial charge is 0.494 e. The van der Waals surface area contributed by atoms with Gasteiger partial charge in [-0.1, -0.05) is 135 Å². The molecule has 0 radical (unpaired) electrons. The lowest BCUT2D eigenvalue weighted by Gasteiger charge is -2.28. The molecule has 2 saturated carbocycles. The van der Waals surface area contributed by atoms with Crippen LogP contribution in [0.4, 0.5) is 0 Å². The van der Waals surface area contributed by atoms with Crippen LogP contribution in [-0.4, -0.2) is 6.61 Å². The van der Waals surface area contributed by atoms with Crippen molar-refractivity contribution >= 4 is 0 Å². The van der Waals surface area contributed by atoms with Crippen LogP contribution in [0.15, 0.2) is 24.3 Å². The van der Waals surface area contributed by atoms with Gasteiger partial charge in [0.25, 0.3) is 0 Å². The number of hydrogen-bond donors (Lipinski definition) is 0. The summed E-state index contributed by atoms with van der Waals surface area (Å²) in [4.78, 5) is 0. The SMILES string of the molecule is CCCCCCC[C@H]1CC[C@H](CCCOc2ccc(CC[C@H]3CC[C@H](CCCC)CC3)cc2)CC1. The minimum absolute atomic E-state index is 0.887. The monoisotopic (exact) mass is 482 g/mol. The van der Waals surface area contributed by atoms with Gasteiger partial charge in [-0.15, -0.1) is 0 Å². The topological polar surface area (TPSA) is 9.23 Å². The third-order valence-corrected chi connectivity index (χ3v) is 9.40. The van der Waals surface area contributed by atoms with E-state index in [0.29, 0.717) is 0 Å². The van der Waals surface area contributed by atoms with Gasteiger partial charge in [0.05, 0.1) is 6.61 Å². The summed E-state index contributed by atoms with van der Waals surface area (Å²) in [5, 5.41) is 0. The van der Waals surface area contributed by atoms with E-state index < -0.39 is 0 Å². The van der Waals surface area contributed by atoms with E-state index in [0.717, 1.165) is 36.0 Å². The number of unbranched alkanes of at least 4 members (excludes halogenated alkanes) is 5. The standard InChI is InChI=1S/C34H58O/c1-3-5-7-8-9-12-30-14-16-31(17-15-30)13-10-28-35-34-26-24-33(25-27-34)23-22-32-20-18-29(19-21-32)11-6-4-2/h24-27,29-32H,3-23,28H2,1-2H3/t29-,30-,31-,32-. The van der Waals surface area contributed by atoms with Crippen molar-refractivity contribution in [3.8, 4) is 5.75 Å². The molecule has 2 aliphatic carbocycles. The Bertz CT molecular complexity index is 618. The normalized spacial score (nSPS) is 25.0. The Labute approximate surface area is 219 Å². The zero-order valence-electron chi connectivity index (χ0n) is 23.6. The Kier molecular flexibility index (Phi) is 14.3. The minimum atomic E-state index is 0.887. The van der Waals surface area contributed by atoms with Gasteiger partial charge in [0.15, 0.2) is 0 Å². The van der Waals surface area contributed by atoms with Crippen LogP contribution in [0.3, 0.4) is 0 Å². The Hall–Kier alpha value is -0.980. The molecule has 0 unspecified atom stereocenters. The van der Waals surface area contributed by atoms with E-state index in [1.54, 1.807) is 0 Å². The molecule has 2 aliphatic rings. The van der Waals surface area contributed by atoms with Crippen LogP contribution in [-0.2, 0) is 6.42 Å². The zero-order chi connectivity index (χ0) is 24.6. The molecule has 0 amide bonds. The first kappa shape index (κ1) is 28.6. The van der Waals surface area contributed by atoms with Crippen molar-refractivity contribution < 1.29 is 4.74 Å². The molecule has 200 valence electrons. The second kappa shape index (κ2) is 17.5. The number of aryl methyl sites for hydroxylation is 1. The molecule has 0 atom stereocenters. The van der Waals surface area contributed by atoms with Crippen LogP contribution in [0.2, 0.25) is 0 Å².